The molecular formula is C19H25N5O3. The maximum Gasteiger partial charge on any atom is 0.340 e. The predicted octanol–water partition coefficient (Wildman–Crippen LogP) is 2.00. The molecule has 0 fully saturated rings. The van der Waals surface area contributed by atoms with Crippen LogP contribution < -0.4 is 10.6 Å². The van der Waals surface area contributed by atoms with E-state index in [4.69, 9.17) is 4.74 Å². The first-order valence-electron chi connectivity index (χ1n) is 8.72. The van der Waals surface area contributed by atoms with Crippen LogP contribution >= 0.6 is 0 Å². The van der Waals surface area contributed by atoms with E-state index in [1.807, 2.05) is 19.0 Å². The van der Waals surface area contributed by atoms with E-state index >= 15 is 0 Å². The normalized spacial score (nSPS) is 10.6. The van der Waals surface area contributed by atoms with Gasteiger partial charge in [0.15, 0.2) is 0 Å². The first kappa shape index (κ1) is 20.3. The molecule has 8 nitrogen and oxygen atoms in total. The van der Waals surface area contributed by atoms with Gasteiger partial charge in [-0.05, 0) is 40.1 Å². The Labute approximate surface area is 159 Å². The summed E-state index contributed by atoms with van der Waals surface area (Å²) in [6.07, 6.45) is 0. The maximum absolute atomic E-state index is 12.3. The van der Waals surface area contributed by atoms with E-state index in [1.165, 1.54) is 0 Å². The van der Waals surface area contributed by atoms with Crippen LogP contribution in [0.3, 0.4) is 0 Å². The monoisotopic (exact) mass is 371 g/mol. The van der Waals surface area contributed by atoms with Crippen molar-refractivity contribution in [3.8, 4) is 0 Å². The van der Waals surface area contributed by atoms with Crippen LogP contribution in [-0.2, 0) is 4.74 Å². The predicted molar refractivity (Wildman–Crippen MR) is 103 cm³/mol. The van der Waals surface area contributed by atoms with Crippen molar-refractivity contribution in [3.05, 3.63) is 47.4 Å². The van der Waals surface area contributed by atoms with Gasteiger partial charge in [0.25, 0.3) is 5.91 Å². The van der Waals surface area contributed by atoms with E-state index in [1.54, 1.807) is 44.2 Å². The van der Waals surface area contributed by atoms with E-state index in [9.17, 15) is 9.59 Å². The molecule has 144 valence electrons. The second-order valence-electron chi connectivity index (χ2n) is 6.14. The zero-order valence-electron chi connectivity index (χ0n) is 16.1. The first-order valence-corrected chi connectivity index (χ1v) is 8.72. The van der Waals surface area contributed by atoms with Gasteiger partial charge >= 0.3 is 5.97 Å². The van der Waals surface area contributed by atoms with Gasteiger partial charge in [0.1, 0.15) is 17.3 Å². The van der Waals surface area contributed by atoms with Crippen LogP contribution in [-0.4, -0.2) is 60.5 Å². The number of benzene rings is 1. The number of aromatic nitrogens is 2. The number of para-hydroxylation sites is 1. The van der Waals surface area contributed by atoms with Gasteiger partial charge in [0, 0.05) is 19.2 Å². The summed E-state index contributed by atoms with van der Waals surface area (Å²) in [6, 6.07) is 8.53. The van der Waals surface area contributed by atoms with Crippen molar-refractivity contribution >= 4 is 23.4 Å². The number of nitrogens with one attached hydrogen (secondary N) is 2. The second-order valence-corrected chi connectivity index (χ2v) is 6.14. The Bertz CT molecular complexity index is 808. The minimum absolute atomic E-state index is 0.261. The molecule has 0 bridgehead atoms. The summed E-state index contributed by atoms with van der Waals surface area (Å²) in [6.45, 7) is 5.00. The molecule has 2 N–H and O–H groups in total. The molecule has 1 heterocycles. The van der Waals surface area contributed by atoms with Crippen molar-refractivity contribution in [1.29, 1.82) is 0 Å². The maximum atomic E-state index is 12.3. The number of esters is 1. The van der Waals surface area contributed by atoms with Crippen molar-refractivity contribution in [2.45, 2.75) is 13.8 Å². The van der Waals surface area contributed by atoms with Crippen molar-refractivity contribution in [1.82, 2.24) is 20.2 Å². The standard InChI is InChI=1S/C19H25N5O3/c1-5-27-19(26)14-8-6-7-9-15(14)23-17-12-16(21-13(2)22-17)18(25)20-10-11-24(3)4/h6-9,12H,5,10-11H2,1-4H3,(H,20,25)(H,21,22,23). The molecule has 8 heteroatoms. The lowest BCUT2D eigenvalue weighted by Gasteiger charge is -2.13. The van der Waals surface area contributed by atoms with E-state index in [0.717, 1.165) is 6.54 Å². The zero-order chi connectivity index (χ0) is 19.8. The topological polar surface area (TPSA) is 96.4 Å². The highest BCUT2D eigenvalue weighted by molar-refractivity contribution is 5.97. The molecule has 0 aliphatic rings. The van der Waals surface area contributed by atoms with Gasteiger partial charge in [0.05, 0.1) is 17.9 Å². The van der Waals surface area contributed by atoms with E-state index in [-0.39, 0.29) is 18.2 Å². The number of carbonyl (C=O) groups is 2. The third kappa shape index (κ3) is 6.03. The van der Waals surface area contributed by atoms with Crippen LogP contribution in [0.5, 0.6) is 0 Å². The summed E-state index contributed by atoms with van der Waals surface area (Å²) in [5.74, 6) is 0.181. The number of hydrogen-bond acceptors (Lipinski definition) is 7. The molecule has 0 atom stereocenters. The summed E-state index contributed by atoms with van der Waals surface area (Å²) in [5, 5.41) is 5.90. The van der Waals surface area contributed by atoms with Crippen LogP contribution in [0.1, 0.15) is 33.6 Å². The van der Waals surface area contributed by atoms with Gasteiger partial charge in [-0.1, -0.05) is 12.1 Å². The Morgan fingerprint density at radius 2 is 1.93 bits per heavy atom. The lowest BCUT2D eigenvalue weighted by Crippen LogP contribution is -2.32. The fourth-order valence-electron chi connectivity index (χ4n) is 2.35. The molecular weight excluding hydrogens is 346 g/mol. The van der Waals surface area contributed by atoms with Crippen molar-refractivity contribution < 1.29 is 14.3 Å². The molecule has 0 unspecified atom stereocenters. The van der Waals surface area contributed by atoms with E-state index in [0.29, 0.717) is 29.4 Å². The number of hydrogen-bond donors (Lipinski definition) is 2. The largest absolute Gasteiger partial charge is 0.462 e. The van der Waals surface area contributed by atoms with Gasteiger partial charge in [-0.3, -0.25) is 4.79 Å². The Kier molecular flexibility index (Phi) is 7.25. The molecule has 0 saturated carbocycles. The van der Waals surface area contributed by atoms with Crippen LogP contribution in [0, 0.1) is 6.92 Å². The lowest BCUT2D eigenvalue weighted by molar-refractivity contribution is 0.0527. The molecule has 0 saturated heterocycles. The molecule has 0 spiro atoms. The molecule has 1 amide bonds. The molecule has 0 radical (unpaired) electrons. The van der Waals surface area contributed by atoms with E-state index < -0.39 is 5.97 Å². The average molecular weight is 371 g/mol. The Morgan fingerprint density at radius 1 is 1.19 bits per heavy atom. The van der Waals surface area contributed by atoms with Gasteiger partial charge in [-0.15, -0.1) is 0 Å². The van der Waals surface area contributed by atoms with Crippen molar-refractivity contribution in [2.24, 2.45) is 0 Å². The summed E-state index contributed by atoms with van der Waals surface area (Å²) < 4.78 is 5.08. The highest BCUT2D eigenvalue weighted by atomic mass is 16.5. The summed E-state index contributed by atoms with van der Waals surface area (Å²) >= 11 is 0. The number of carbonyl (C=O) groups excluding carboxylic acids is 2. The van der Waals surface area contributed by atoms with Crippen LogP contribution in [0.25, 0.3) is 0 Å². The smallest absolute Gasteiger partial charge is 0.340 e. The first-order chi connectivity index (χ1) is 12.9. The summed E-state index contributed by atoms with van der Waals surface area (Å²) in [7, 11) is 3.87. The number of anilines is 2. The quantitative estimate of drug-likeness (QED) is 0.685. The second kappa shape index (κ2) is 9.63. The molecule has 27 heavy (non-hydrogen) atoms. The molecule has 2 aromatic rings. The fourth-order valence-corrected chi connectivity index (χ4v) is 2.35. The average Bonchev–Trinajstić information content (AvgIpc) is 2.61. The molecule has 0 aliphatic heterocycles. The van der Waals surface area contributed by atoms with Gasteiger partial charge < -0.3 is 20.3 Å². The Morgan fingerprint density at radius 3 is 2.63 bits per heavy atom. The van der Waals surface area contributed by atoms with Gasteiger partial charge in [-0.25, -0.2) is 14.8 Å². The number of rotatable bonds is 8. The summed E-state index contributed by atoms with van der Waals surface area (Å²) in [5.41, 5.74) is 1.21. The number of amides is 1. The minimum atomic E-state index is -0.423. The van der Waals surface area contributed by atoms with Gasteiger partial charge in [-0.2, -0.15) is 0 Å². The zero-order valence-corrected chi connectivity index (χ0v) is 16.1. The van der Waals surface area contributed by atoms with Crippen LogP contribution in [0.15, 0.2) is 30.3 Å². The lowest BCUT2D eigenvalue weighted by atomic mass is 10.2. The minimum Gasteiger partial charge on any atom is -0.462 e. The highest BCUT2D eigenvalue weighted by Gasteiger charge is 2.14. The van der Waals surface area contributed by atoms with Crippen molar-refractivity contribution in [2.75, 3.05) is 39.1 Å². The van der Waals surface area contributed by atoms with Crippen LogP contribution in [0.2, 0.25) is 0 Å². The number of likely N-dealkylation sites (N-methyl/N-ethyl adjacent to an activating group) is 1. The third-order valence-electron chi connectivity index (χ3n) is 3.60. The Hall–Kier alpha value is -3.00. The molecule has 1 aromatic heterocycles. The molecule has 0 aliphatic carbocycles. The van der Waals surface area contributed by atoms with Crippen LogP contribution in [0.4, 0.5) is 11.5 Å². The van der Waals surface area contributed by atoms with Crippen molar-refractivity contribution in [3.63, 3.8) is 0 Å². The number of ether oxygens (including phenoxy) is 1. The number of nitrogens with zero attached hydrogens (tertiary/aromatic N) is 3. The van der Waals surface area contributed by atoms with E-state index in [2.05, 4.69) is 20.6 Å². The number of aryl methyl sites for hydroxylation is 1. The Balaban J connectivity index is 2.20. The fraction of sp³-hybridized carbons (Fsp3) is 0.368. The third-order valence-corrected chi connectivity index (χ3v) is 3.60. The SMILES string of the molecule is CCOC(=O)c1ccccc1Nc1cc(C(=O)NCCN(C)C)nc(C)n1. The van der Waals surface area contributed by atoms with Gasteiger partial charge in [0.2, 0.25) is 0 Å². The molecule has 1 aromatic carbocycles. The summed E-state index contributed by atoms with van der Waals surface area (Å²) in [4.78, 5) is 34.9. The highest BCUT2D eigenvalue weighted by Crippen LogP contribution is 2.21. The molecule has 2 rings (SSSR count).